The van der Waals surface area contributed by atoms with Gasteiger partial charge in [0.1, 0.15) is 0 Å². The first-order chi connectivity index (χ1) is 14.7. The second-order valence-electron chi connectivity index (χ2n) is 6.52. The molecule has 0 unspecified atom stereocenters. The summed E-state index contributed by atoms with van der Waals surface area (Å²) in [4.78, 5) is 14.5. The fraction of sp³-hybridized carbons (Fsp3) is 0.238. The molecule has 0 radical (unpaired) electrons. The van der Waals surface area contributed by atoms with Crippen molar-refractivity contribution < 1.29 is 4.92 Å². The van der Waals surface area contributed by atoms with Gasteiger partial charge in [-0.05, 0) is 42.3 Å². The third-order valence-electron chi connectivity index (χ3n) is 4.46. The Kier molecular flexibility index (Phi) is 7.37. The van der Waals surface area contributed by atoms with E-state index in [1.54, 1.807) is 25.4 Å². The van der Waals surface area contributed by atoms with Crippen LogP contribution in [-0.2, 0) is 6.42 Å². The zero-order chi connectivity index (χ0) is 21.2. The molecule has 3 aromatic rings. The topological polar surface area (TPSA) is 109 Å². The highest BCUT2D eigenvalue weighted by Crippen LogP contribution is 2.14. The van der Waals surface area contributed by atoms with Gasteiger partial charge in [0.05, 0.1) is 10.6 Å². The Hall–Kier alpha value is -3.88. The van der Waals surface area contributed by atoms with E-state index in [1.165, 1.54) is 17.7 Å². The Labute approximate surface area is 175 Å². The summed E-state index contributed by atoms with van der Waals surface area (Å²) in [6.07, 6.45) is 4.56. The molecule has 0 saturated carbocycles. The summed E-state index contributed by atoms with van der Waals surface area (Å²) in [5.74, 6) is 0.730. The molecule has 9 nitrogen and oxygen atoms in total. The quantitative estimate of drug-likeness (QED) is 0.165. The van der Waals surface area contributed by atoms with Crippen molar-refractivity contribution in [3.8, 4) is 5.69 Å². The van der Waals surface area contributed by atoms with Gasteiger partial charge in [-0.3, -0.25) is 15.1 Å². The van der Waals surface area contributed by atoms with Crippen LogP contribution < -0.4 is 16.0 Å². The number of aliphatic imine (C=N–C) groups is 1. The maximum absolute atomic E-state index is 10.7. The van der Waals surface area contributed by atoms with E-state index in [0.29, 0.717) is 13.1 Å². The van der Waals surface area contributed by atoms with Crippen molar-refractivity contribution >= 4 is 17.3 Å². The molecule has 3 rings (SSSR count). The molecule has 30 heavy (non-hydrogen) atoms. The normalized spacial score (nSPS) is 11.2. The van der Waals surface area contributed by atoms with Gasteiger partial charge in [-0.2, -0.15) is 5.10 Å². The number of rotatable bonds is 9. The molecule has 1 heterocycles. The molecular weight excluding hydrogens is 382 g/mol. The van der Waals surface area contributed by atoms with Crippen LogP contribution in [0.3, 0.4) is 0 Å². The Morgan fingerprint density at radius 1 is 1.07 bits per heavy atom. The van der Waals surface area contributed by atoms with Crippen molar-refractivity contribution in [2.45, 2.75) is 6.42 Å². The number of nitrogens with zero attached hydrogens (tertiary/aromatic N) is 4. The average molecular weight is 407 g/mol. The second-order valence-corrected chi connectivity index (χ2v) is 6.52. The standard InChI is InChI=1S/C21H25N7O2/c1-22-21(25-15-14-23-18-5-9-20(10-6-18)28(29)30)24-13-11-17-3-7-19(8-4-17)27-16-2-12-26-27/h2-10,12,16,23H,11,13-15H2,1H3,(H2,22,24,25). The van der Waals surface area contributed by atoms with Crippen LogP contribution in [0, 0.1) is 10.1 Å². The summed E-state index contributed by atoms with van der Waals surface area (Å²) >= 11 is 0. The zero-order valence-corrected chi connectivity index (χ0v) is 16.8. The monoisotopic (exact) mass is 407 g/mol. The summed E-state index contributed by atoms with van der Waals surface area (Å²) in [7, 11) is 1.73. The second kappa shape index (κ2) is 10.6. The van der Waals surface area contributed by atoms with E-state index in [-0.39, 0.29) is 5.69 Å². The Balaban J connectivity index is 1.35. The molecule has 0 aliphatic rings. The van der Waals surface area contributed by atoms with Crippen LogP contribution in [0.4, 0.5) is 11.4 Å². The fourth-order valence-electron chi connectivity index (χ4n) is 2.87. The SMILES string of the molecule is CN=C(NCCNc1ccc([N+](=O)[O-])cc1)NCCc1ccc(-n2cccn2)cc1. The van der Waals surface area contributed by atoms with Crippen molar-refractivity contribution in [2.24, 2.45) is 4.99 Å². The van der Waals surface area contributed by atoms with Gasteiger partial charge in [0.15, 0.2) is 5.96 Å². The van der Waals surface area contributed by atoms with E-state index in [4.69, 9.17) is 0 Å². The van der Waals surface area contributed by atoms with Crippen molar-refractivity contribution in [2.75, 3.05) is 32.0 Å². The van der Waals surface area contributed by atoms with Crippen molar-refractivity contribution in [1.82, 2.24) is 20.4 Å². The molecule has 2 aromatic carbocycles. The largest absolute Gasteiger partial charge is 0.383 e. The predicted molar refractivity (Wildman–Crippen MR) is 118 cm³/mol. The minimum absolute atomic E-state index is 0.0827. The minimum Gasteiger partial charge on any atom is -0.383 e. The summed E-state index contributed by atoms with van der Waals surface area (Å²) < 4.78 is 1.83. The van der Waals surface area contributed by atoms with Crippen LogP contribution in [0.25, 0.3) is 5.69 Å². The Morgan fingerprint density at radius 2 is 1.80 bits per heavy atom. The van der Waals surface area contributed by atoms with E-state index in [9.17, 15) is 10.1 Å². The van der Waals surface area contributed by atoms with Crippen LogP contribution in [0.15, 0.2) is 72.0 Å². The Morgan fingerprint density at radius 3 is 2.43 bits per heavy atom. The molecule has 0 aliphatic heterocycles. The lowest BCUT2D eigenvalue weighted by atomic mass is 10.1. The van der Waals surface area contributed by atoms with Crippen molar-refractivity contribution in [1.29, 1.82) is 0 Å². The molecule has 156 valence electrons. The molecule has 0 atom stereocenters. The first kappa shape index (κ1) is 20.8. The first-order valence-electron chi connectivity index (χ1n) is 9.67. The molecule has 0 amide bonds. The number of nitro groups is 1. The summed E-state index contributed by atoms with van der Waals surface area (Å²) in [5.41, 5.74) is 3.19. The minimum atomic E-state index is -0.408. The summed E-state index contributed by atoms with van der Waals surface area (Å²) in [6.45, 7) is 2.08. The van der Waals surface area contributed by atoms with Crippen LogP contribution in [0.5, 0.6) is 0 Å². The average Bonchev–Trinajstić information content (AvgIpc) is 3.31. The van der Waals surface area contributed by atoms with Gasteiger partial charge in [-0.1, -0.05) is 12.1 Å². The number of aromatic nitrogens is 2. The number of hydrogen-bond acceptors (Lipinski definition) is 5. The summed E-state index contributed by atoms with van der Waals surface area (Å²) in [6, 6.07) is 16.6. The van der Waals surface area contributed by atoms with Gasteiger partial charge in [0, 0.05) is 56.9 Å². The van der Waals surface area contributed by atoms with Crippen LogP contribution in [-0.4, -0.2) is 47.3 Å². The fourth-order valence-corrected chi connectivity index (χ4v) is 2.87. The molecule has 0 aliphatic carbocycles. The number of hydrogen-bond donors (Lipinski definition) is 3. The number of nitrogens with one attached hydrogen (secondary N) is 3. The van der Waals surface area contributed by atoms with Crippen LogP contribution >= 0.6 is 0 Å². The van der Waals surface area contributed by atoms with E-state index < -0.39 is 4.92 Å². The van der Waals surface area contributed by atoms with E-state index in [0.717, 1.165) is 30.3 Å². The van der Waals surface area contributed by atoms with Crippen LogP contribution in [0.2, 0.25) is 0 Å². The zero-order valence-electron chi connectivity index (χ0n) is 16.8. The molecule has 0 saturated heterocycles. The summed E-state index contributed by atoms with van der Waals surface area (Å²) in [5, 5.41) is 24.7. The molecule has 0 bridgehead atoms. The lowest BCUT2D eigenvalue weighted by Crippen LogP contribution is -2.40. The Bertz CT molecular complexity index is 952. The predicted octanol–water partition coefficient (Wildman–Crippen LogP) is 2.60. The lowest BCUT2D eigenvalue weighted by molar-refractivity contribution is -0.384. The van der Waals surface area contributed by atoms with Crippen molar-refractivity contribution in [3.63, 3.8) is 0 Å². The van der Waals surface area contributed by atoms with Gasteiger partial charge in [-0.25, -0.2) is 4.68 Å². The maximum atomic E-state index is 10.7. The molecule has 3 N–H and O–H groups in total. The highest BCUT2D eigenvalue weighted by atomic mass is 16.6. The molecule has 9 heteroatoms. The smallest absolute Gasteiger partial charge is 0.269 e. The maximum Gasteiger partial charge on any atom is 0.269 e. The van der Waals surface area contributed by atoms with E-state index in [1.807, 2.05) is 16.9 Å². The highest BCUT2D eigenvalue weighted by molar-refractivity contribution is 5.79. The van der Waals surface area contributed by atoms with Crippen LogP contribution in [0.1, 0.15) is 5.56 Å². The van der Waals surface area contributed by atoms with Gasteiger partial charge in [-0.15, -0.1) is 0 Å². The van der Waals surface area contributed by atoms with E-state index >= 15 is 0 Å². The number of benzene rings is 2. The van der Waals surface area contributed by atoms with Gasteiger partial charge in [0.25, 0.3) is 5.69 Å². The lowest BCUT2D eigenvalue weighted by Gasteiger charge is -2.13. The molecule has 1 aromatic heterocycles. The third kappa shape index (κ3) is 6.06. The number of guanidine groups is 1. The number of nitro benzene ring substituents is 1. The highest BCUT2D eigenvalue weighted by Gasteiger charge is 2.03. The number of anilines is 1. The van der Waals surface area contributed by atoms with Gasteiger partial charge < -0.3 is 16.0 Å². The molecular formula is C21H25N7O2. The molecule has 0 spiro atoms. The number of non-ortho nitro benzene ring substituents is 1. The van der Waals surface area contributed by atoms with Gasteiger partial charge >= 0.3 is 0 Å². The van der Waals surface area contributed by atoms with Crippen molar-refractivity contribution in [3.05, 3.63) is 82.7 Å². The third-order valence-corrected chi connectivity index (χ3v) is 4.46. The first-order valence-corrected chi connectivity index (χ1v) is 9.67. The van der Waals surface area contributed by atoms with E-state index in [2.05, 4.69) is 50.3 Å². The molecule has 0 fully saturated rings. The van der Waals surface area contributed by atoms with Gasteiger partial charge in [0.2, 0.25) is 0 Å².